The fourth-order valence-corrected chi connectivity index (χ4v) is 2.64. The summed E-state index contributed by atoms with van der Waals surface area (Å²) >= 11 is 0. The molecule has 4 unspecified atom stereocenters. The third-order valence-electron chi connectivity index (χ3n) is 3.66. The van der Waals surface area contributed by atoms with Crippen LogP contribution in [0.5, 0.6) is 0 Å². The Morgan fingerprint density at radius 1 is 1.60 bits per heavy atom. The SMILES string of the molecule is CN1C(C#N)C[CH-]C1C(N=[N+]=[N-])C1COC(C)(C)O1.[Y]. The zero-order valence-corrected chi connectivity index (χ0v) is 14.8. The number of likely N-dealkylation sites (N-methyl/N-ethyl adjacent to an activating group) is 1. The standard InChI is InChI=1S/C12H18N5O2.Y/c1-12(2)18-7-10(19-12)11(15-16-14)9-5-4-8(6-13)17(9)3;/h5,8-11H,4,7H2,1-3H3;/q-1;. The summed E-state index contributed by atoms with van der Waals surface area (Å²) in [4.78, 5) is 4.84. The van der Waals surface area contributed by atoms with E-state index in [1.54, 1.807) is 0 Å². The van der Waals surface area contributed by atoms with Crippen LogP contribution in [0.15, 0.2) is 5.11 Å². The van der Waals surface area contributed by atoms with E-state index in [4.69, 9.17) is 20.3 Å². The van der Waals surface area contributed by atoms with Crippen LogP contribution in [0.3, 0.4) is 0 Å². The minimum atomic E-state index is -0.653. The maximum atomic E-state index is 9.04. The number of rotatable bonds is 3. The molecule has 0 aromatic carbocycles. The van der Waals surface area contributed by atoms with Gasteiger partial charge in [0.25, 0.3) is 0 Å². The molecule has 1 radical (unpaired) electrons. The summed E-state index contributed by atoms with van der Waals surface area (Å²) in [5.41, 5.74) is 8.76. The molecule has 0 N–H and O–H groups in total. The molecular formula is C12H18N5O2Y-. The normalized spacial score (nSPS) is 33.8. The van der Waals surface area contributed by atoms with Crippen molar-refractivity contribution >= 4 is 0 Å². The van der Waals surface area contributed by atoms with Gasteiger partial charge in [-0.3, -0.25) is 0 Å². The van der Waals surface area contributed by atoms with Gasteiger partial charge in [-0.1, -0.05) is 5.11 Å². The molecule has 0 aliphatic carbocycles. The minimum absolute atomic E-state index is 0. The maximum Gasteiger partial charge on any atom is 0.163 e. The molecule has 2 fully saturated rings. The fourth-order valence-electron chi connectivity index (χ4n) is 2.64. The fraction of sp³-hybridized carbons (Fsp3) is 0.833. The first-order valence-electron chi connectivity index (χ1n) is 6.29. The van der Waals surface area contributed by atoms with Crippen LogP contribution in [-0.4, -0.2) is 48.6 Å². The topological polar surface area (TPSA) is 94.3 Å². The largest absolute Gasteiger partial charge is 0.348 e. The van der Waals surface area contributed by atoms with Crippen LogP contribution in [-0.2, 0) is 42.2 Å². The van der Waals surface area contributed by atoms with Crippen molar-refractivity contribution in [3.63, 3.8) is 0 Å². The van der Waals surface area contributed by atoms with Crippen LogP contribution < -0.4 is 0 Å². The second-order valence-electron chi connectivity index (χ2n) is 5.34. The van der Waals surface area contributed by atoms with Crippen molar-refractivity contribution in [1.82, 2.24) is 4.90 Å². The Bertz CT molecular complexity index is 432. The number of hydrogen-bond acceptors (Lipinski definition) is 5. The van der Waals surface area contributed by atoms with Crippen LogP contribution in [0.4, 0.5) is 0 Å². The molecule has 2 rings (SSSR count). The van der Waals surface area contributed by atoms with Crippen molar-refractivity contribution < 1.29 is 42.2 Å². The third-order valence-corrected chi connectivity index (χ3v) is 3.66. The molecular weight excluding hydrogens is 335 g/mol. The summed E-state index contributed by atoms with van der Waals surface area (Å²) in [6.07, 6.45) is 2.40. The second-order valence-corrected chi connectivity index (χ2v) is 5.34. The molecule has 20 heavy (non-hydrogen) atoms. The molecule has 0 spiro atoms. The number of hydrogen-bond donors (Lipinski definition) is 0. The van der Waals surface area contributed by atoms with E-state index in [2.05, 4.69) is 16.1 Å². The quantitative estimate of drug-likeness (QED) is 0.333. The smallest absolute Gasteiger partial charge is 0.163 e. The summed E-state index contributed by atoms with van der Waals surface area (Å²) in [7, 11) is 1.86. The first-order chi connectivity index (χ1) is 8.98. The molecule has 7 nitrogen and oxygen atoms in total. The van der Waals surface area contributed by atoms with E-state index < -0.39 is 5.79 Å². The van der Waals surface area contributed by atoms with Gasteiger partial charge in [-0.15, -0.1) is 12.5 Å². The maximum absolute atomic E-state index is 9.04. The summed E-state index contributed by atoms with van der Waals surface area (Å²) in [5, 5.41) is 12.9. The number of nitrogens with zero attached hydrogens (tertiary/aromatic N) is 5. The summed E-state index contributed by atoms with van der Waals surface area (Å²) in [6.45, 7) is 4.06. The van der Waals surface area contributed by atoms with Crippen LogP contribution in [0.2, 0.25) is 0 Å². The molecule has 2 aliphatic heterocycles. The van der Waals surface area contributed by atoms with Gasteiger partial charge in [-0.2, -0.15) is 5.26 Å². The van der Waals surface area contributed by atoms with E-state index in [1.807, 2.05) is 32.2 Å². The Morgan fingerprint density at radius 3 is 2.75 bits per heavy atom. The molecule has 2 saturated heterocycles. The Morgan fingerprint density at radius 2 is 2.30 bits per heavy atom. The first-order valence-corrected chi connectivity index (χ1v) is 6.29. The van der Waals surface area contributed by atoms with E-state index in [1.165, 1.54) is 0 Å². The molecule has 0 aromatic rings. The van der Waals surface area contributed by atoms with Gasteiger partial charge < -0.3 is 20.8 Å². The van der Waals surface area contributed by atoms with Gasteiger partial charge in [-0.05, 0) is 26.4 Å². The van der Waals surface area contributed by atoms with Crippen molar-refractivity contribution in [2.24, 2.45) is 5.11 Å². The van der Waals surface area contributed by atoms with Gasteiger partial charge in [-0.25, -0.2) is 0 Å². The molecule has 8 heteroatoms. The van der Waals surface area contributed by atoms with Crippen LogP contribution >= 0.6 is 0 Å². The number of nitriles is 1. The van der Waals surface area contributed by atoms with Gasteiger partial charge in [0.15, 0.2) is 5.79 Å². The summed E-state index contributed by atoms with van der Waals surface area (Å²) in [6, 6.07) is 1.59. The second kappa shape index (κ2) is 7.17. The van der Waals surface area contributed by atoms with Crippen molar-refractivity contribution in [1.29, 1.82) is 5.26 Å². The van der Waals surface area contributed by atoms with Crippen molar-refractivity contribution in [2.45, 2.75) is 50.3 Å². The zero-order chi connectivity index (χ0) is 14.0. The third kappa shape index (κ3) is 3.70. The zero-order valence-electron chi connectivity index (χ0n) is 11.9. The number of likely N-dealkylation sites (tertiary alicyclic amines) is 1. The van der Waals surface area contributed by atoms with Gasteiger partial charge >= 0.3 is 0 Å². The Balaban J connectivity index is 0.00000200. The van der Waals surface area contributed by atoms with Crippen LogP contribution in [0.25, 0.3) is 10.4 Å². The monoisotopic (exact) mass is 353 g/mol. The first kappa shape index (κ1) is 17.8. The Kier molecular flexibility index (Phi) is 6.39. The Hall–Kier alpha value is -0.216. The predicted octanol–water partition coefficient (Wildman–Crippen LogP) is 1.61. The van der Waals surface area contributed by atoms with E-state index in [9.17, 15) is 0 Å². The van der Waals surface area contributed by atoms with Crippen molar-refractivity contribution in [3.8, 4) is 6.07 Å². The van der Waals surface area contributed by atoms with Gasteiger partial charge in [0.05, 0.1) is 30.9 Å². The molecule has 2 aliphatic rings. The van der Waals surface area contributed by atoms with Gasteiger partial charge in [0.1, 0.15) is 0 Å². The summed E-state index contributed by atoms with van der Waals surface area (Å²) in [5.74, 6) is -0.653. The van der Waals surface area contributed by atoms with E-state index >= 15 is 0 Å². The van der Waals surface area contributed by atoms with E-state index in [-0.39, 0.29) is 56.9 Å². The molecule has 0 amide bonds. The summed E-state index contributed by atoms with van der Waals surface area (Å²) < 4.78 is 11.3. The van der Waals surface area contributed by atoms with Gasteiger partial charge in [0.2, 0.25) is 0 Å². The molecule has 107 valence electrons. The van der Waals surface area contributed by atoms with E-state index in [0.717, 1.165) is 0 Å². The number of azide groups is 1. The van der Waals surface area contributed by atoms with Crippen LogP contribution in [0, 0.1) is 17.8 Å². The molecule has 2 heterocycles. The minimum Gasteiger partial charge on any atom is -0.348 e. The molecule has 4 atom stereocenters. The van der Waals surface area contributed by atoms with Crippen molar-refractivity contribution in [2.75, 3.05) is 13.7 Å². The van der Waals surface area contributed by atoms with Gasteiger partial charge in [0, 0.05) is 37.6 Å². The average Bonchev–Trinajstić information content (AvgIpc) is 2.89. The molecule has 0 aromatic heterocycles. The molecule has 0 saturated carbocycles. The van der Waals surface area contributed by atoms with Crippen molar-refractivity contribution in [3.05, 3.63) is 16.9 Å². The average molecular weight is 353 g/mol. The number of ether oxygens (including phenoxy) is 2. The molecule has 0 bridgehead atoms. The van der Waals surface area contributed by atoms with Crippen LogP contribution in [0.1, 0.15) is 20.3 Å². The Labute approximate surface area is 144 Å². The van der Waals surface area contributed by atoms with E-state index in [0.29, 0.717) is 13.0 Å². The predicted molar refractivity (Wildman–Crippen MR) is 67.7 cm³/mol.